The number of fused-ring (bicyclic) bond motifs is 1. The maximum atomic E-state index is 12.6. The summed E-state index contributed by atoms with van der Waals surface area (Å²) in [5.41, 5.74) is 1.36. The lowest BCUT2D eigenvalue weighted by Crippen LogP contribution is -2.38. The lowest BCUT2D eigenvalue weighted by molar-refractivity contribution is -0.139. The number of aryl methyl sites for hydroxylation is 1. The molecular formula is C25H30N2O6. The van der Waals surface area contributed by atoms with E-state index in [4.69, 9.17) is 14.0 Å². The van der Waals surface area contributed by atoms with Crippen LogP contribution in [0.4, 0.5) is 0 Å². The quantitative estimate of drug-likeness (QED) is 0.645. The third kappa shape index (κ3) is 4.18. The predicted octanol–water partition coefficient (Wildman–Crippen LogP) is 3.92. The number of carbonyl (C=O) groups is 2. The van der Waals surface area contributed by atoms with Crippen molar-refractivity contribution < 1.29 is 28.7 Å². The average Bonchev–Trinajstić information content (AvgIpc) is 3.17. The number of hydrogen-bond donors (Lipinski definition) is 1. The zero-order chi connectivity index (χ0) is 23.1. The first-order valence-corrected chi connectivity index (χ1v) is 11.8. The van der Waals surface area contributed by atoms with Gasteiger partial charge in [-0.05, 0) is 62.8 Å². The Morgan fingerprint density at radius 3 is 2.55 bits per heavy atom. The zero-order valence-corrected chi connectivity index (χ0v) is 19.0. The molecule has 3 aliphatic rings. The Kier molecular flexibility index (Phi) is 5.76. The second-order valence-corrected chi connectivity index (χ2v) is 9.52. The van der Waals surface area contributed by atoms with Crippen LogP contribution >= 0.6 is 0 Å². The van der Waals surface area contributed by atoms with Crippen LogP contribution in [-0.2, 0) is 9.59 Å². The fraction of sp³-hybridized carbons (Fsp3) is 0.560. The molecule has 3 saturated carbocycles. The molecule has 1 aromatic heterocycles. The molecule has 1 N–H and O–H groups in total. The molecule has 8 heteroatoms. The van der Waals surface area contributed by atoms with E-state index < -0.39 is 5.97 Å². The second kappa shape index (κ2) is 8.72. The van der Waals surface area contributed by atoms with Gasteiger partial charge in [-0.15, -0.1) is 0 Å². The molecule has 0 aliphatic heterocycles. The molecule has 1 amide bonds. The van der Waals surface area contributed by atoms with Crippen molar-refractivity contribution in [3.8, 4) is 22.8 Å². The highest BCUT2D eigenvalue weighted by Crippen LogP contribution is 2.58. The van der Waals surface area contributed by atoms with Crippen molar-refractivity contribution in [2.75, 3.05) is 13.7 Å². The number of carboxylic acid groups (broad SMARTS) is 1. The maximum Gasteiger partial charge on any atom is 0.307 e. The normalized spacial score (nSPS) is 26.1. The summed E-state index contributed by atoms with van der Waals surface area (Å²) in [7, 11) is 1.84. The summed E-state index contributed by atoms with van der Waals surface area (Å²) < 4.78 is 17.5. The van der Waals surface area contributed by atoms with E-state index in [1.807, 2.05) is 31.3 Å². The third-order valence-corrected chi connectivity index (χ3v) is 7.55. The number of carboxylic acids is 1. The molecule has 8 nitrogen and oxygen atoms in total. The summed E-state index contributed by atoms with van der Waals surface area (Å²) in [4.78, 5) is 25.7. The SMILES string of the molecule is Cc1noc(-c2ccc(OC3CCC4C(C(=O)O)C34)cc2)c1OCC(=O)N(C)C1CCCC1. The van der Waals surface area contributed by atoms with E-state index in [9.17, 15) is 14.7 Å². The van der Waals surface area contributed by atoms with E-state index in [0.717, 1.165) is 31.2 Å². The van der Waals surface area contributed by atoms with Gasteiger partial charge >= 0.3 is 5.97 Å². The van der Waals surface area contributed by atoms with E-state index in [2.05, 4.69) is 5.16 Å². The molecular weight excluding hydrogens is 424 g/mol. The summed E-state index contributed by atoms with van der Waals surface area (Å²) in [5, 5.41) is 13.3. The van der Waals surface area contributed by atoms with Gasteiger partial charge in [-0.25, -0.2) is 0 Å². The van der Waals surface area contributed by atoms with Gasteiger partial charge in [0.25, 0.3) is 5.91 Å². The fourth-order valence-corrected chi connectivity index (χ4v) is 5.62. The first-order chi connectivity index (χ1) is 15.9. The number of aromatic nitrogens is 1. The molecule has 0 spiro atoms. The van der Waals surface area contributed by atoms with Crippen LogP contribution in [0.3, 0.4) is 0 Å². The van der Waals surface area contributed by atoms with E-state index >= 15 is 0 Å². The molecule has 3 aliphatic carbocycles. The van der Waals surface area contributed by atoms with Crippen LogP contribution in [-0.4, -0.2) is 52.8 Å². The van der Waals surface area contributed by atoms with Crippen LogP contribution in [0.5, 0.6) is 11.5 Å². The lowest BCUT2D eigenvalue weighted by Gasteiger charge is -2.24. The van der Waals surface area contributed by atoms with E-state index in [0.29, 0.717) is 29.0 Å². The second-order valence-electron chi connectivity index (χ2n) is 9.52. The number of nitrogens with zero attached hydrogens (tertiary/aromatic N) is 2. The molecule has 0 saturated heterocycles. The largest absolute Gasteiger partial charge is 0.490 e. The van der Waals surface area contributed by atoms with Crippen LogP contribution in [0.2, 0.25) is 0 Å². The van der Waals surface area contributed by atoms with Crippen molar-refractivity contribution >= 4 is 11.9 Å². The number of hydrogen-bond acceptors (Lipinski definition) is 6. The van der Waals surface area contributed by atoms with Gasteiger partial charge in [0.1, 0.15) is 17.5 Å². The molecule has 5 rings (SSSR count). The minimum Gasteiger partial charge on any atom is -0.490 e. The Balaban J connectivity index is 1.22. The van der Waals surface area contributed by atoms with Gasteiger partial charge in [0.05, 0.1) is 5.92 Å². The van der Waals surface area contributed by atoms with Crippen LogP contribution in [0.15, 0.2) is 28.8 Å². The Labute approximate surface area is 192 Å². The number of rotatable bonds is 8. The summed E-state index contributed by atoms with van der Waals surface area (Å²) in [6, 6.07) is 7.72. The molecule has 1 heterocycles. The maximum absolute atomic E-state index is 12.6. The molecule has 176 valence electrons. The van der Waals surface area contributed by atoms with E-state index in [-0.39, 0.29) is 36.4 Å². The summed E-state index contributed by atoms with van der Waals surface area (Å²) in [5.74, 6) is 1.02. The van der Waals surface area contributed by atoms with Crippen molar-refractivity contribution in [1.82, 2.24) is 10.1 Å². The highest BCUT2D eigenvalue weighted by molar-refractivity contribution is 5.78. The van der Waals surface area contributed by atoms with Crippen molar-refractivity contribution in [3.05, 3.63) is 30.0 Å². The Morgan fingerprint density at radius 1 is 1.15 bits per heavy atom. The van der Waals surface area contributed by atoms with Crippen LogP contribution in [0.25, 0.3) is 11.3 Å². The predicted molar refractivity (Wildman–Crippen MR) is 119 cm³/mol. The third-order valence-electron chi connectivity index (χ3n) is 7.55. The minimum atomic E-state index is -0.713. The van der Waals surface area contributed by atoms with Gasteiger partial charge < -0.3 is 24.0 Å². The van der Waals surface area contributed by atoms with Crippen LogP contribution < -0.4 is 9.47 Å². The van der Waals surface area contributed by atoms with Crippen molar-refractivity contribution in [1.29, 1.82) is 0 Å². The Hall–Kier alpha value is -3.03. The average molecular weight is 455 g/mol. The number of aliphatic carboxylic acids is 1. The van der Waals surface area contributed by atoms with Crippen molar-refractivity contribution in [2.24, 2.45) is 17.8 Å². The van der Waals surface area contributed by atoms with Gasteiger partial charge in [0, 0.05) is 24.6 Å². The minimum absolute atomic E-state index is 0.0452. The number of likely N-dealkylation sites (N-methyl/N-ethyl adjacent to an activating group) is 1. The number of benzene rings is 1. The van der Waals surface area contributed by atoms with Gasteiger partial charge in [-0.2, -0.15) is 0 Å². The molecule has 2 aromatic rings. The van der Waals surface area contributed by atoms with E-state index in [1.54, 1.807) is 11.8 Å². The Bertz CT molecular complexity index is 1030. The molecule has 33 heavy (non-hydrogen) atoms. The molecule has 4 atom stereocenters. The topological polar surface area (TPSA) is 102 Å². The standard InChI is InChI=1S/C25H30N2O6/c1-14-23(31-13-20(28)27(2)16-5-3-4-6-16)24(33-26-14)15-7-9-17(10-8-15)32-19-12-11-18-21(19)22(18)25(29)30/h7-10,16,18-19,21-22H,3-6,11-13H2,1-2H3,(H,29,30). The molecule has 0 bridgehead atoms. The zero-order valence-electron chi connectivity index (χ0n) is 19.0. The number of amides is 1. The summed E-state index contributed by atoms with van der Waals surface area (Å²) >= 11 is 0. The van der Waals surface area contributed by atoms with Gasteiger partial charge in [0.15, 0.2) is 12.4 Å². The molecule has 4 unspecified atom stereocenters. The van der Waals surface area contributed by atoms with Gasteiger partial charge in [-0.1, -0.05) is 18.0 Å². The highest BCUT2D eigenvalue weighted by Gasteiger charge is 2.62. The van der Waals surface area contributed by atoms with Crippen LogP contribution in [0.1, 0.15) is 44.2 Å². The number of ether oxygens (including phenoxy) is 2. The summed E-state index contributed by atoms with van der Waals surface area (Å²) in [6.07, 6.45) is 6.19. The van der Waals surface area contributed by atoms with Crippen molar-refractivity contribution in [3.63, 3.8) is 0 Å². The highest BCUT2D eigenvalue weighted by atomic mass is 16.5. The molecule has 3 fully saturated rings. The first-order valence-electron chi connectivity index (χ1n) is 11.8. The molecule has 1 aromatic carbocycles. The van der Waals surface area contributed by atoms with Crippen molar-refractivity contribution in [2.45, 2.75) is 57.6 Å². The van der Waals surface area contributed by atoms with Crippen LogP contribution in [0, 0.1) is 24.7 Å². The lowest BCUT2D eigenvalue weighted by atomic mass is 10.1. The molecule has 0 radical (unpaired) electrons. The smallest absolute Gasteiger partial charge is 0.307 e. The van der Waals surface area contributed by atoms with E-state index in [1.165, 1.54) is 12.8 Å². The summed E-state index contributed by atoms with van der Waals surface area (Å²) in [6.45, 7) is 1.73. The number of carbonyl (C=O) groups excluding carboxylic acids is 1. The monoisotopic (exact) mass is 454 g/mol. The first kappa shape index (κ1) is 21.8. The van der Waals surface area contributed by atoms with Gasteiger partial charge in [0.2, 0.25) is 5.76 Å². The fourth-order valence-electron chi connectivity index (χ4n) is 5.62. The van der Waals surface area contributed by atoms with Gasteiger partial charge in [-0.3, -0.25) is 9.59 Å². The Morgan fingerprint density at radius 2 is 1.88 bits per heavy atom.